The summed E-state index contributed by atoms with van der Waals surface area (Å²) in [4.78, 5) is 7.22. The van der Waals surface area contributed by atoms with Gasteiger partial charge in [-0.1, -0.05) is 6.42 Å². The minimum atomic E-state index is 0.523. The van der Waals surface area contributed by atoms with Crippen LogP contribution in [-0.2, 0) is 0 Å². The van der Waals surface area contributed by atoms with Crippen LogP contribution in [0.25, 0.3) is 0 Å². The van der Waals surface area contributed by atoms with E-state index in [1.807, 2.05) is 0 Å². The molecule has 3 nitrogen and oxygen atoms in total. The maximum absolute atomic E-state index is 4.76. The van der Waals surface area contributed by atoms with Crippen LogP contribution in [0.3, 0.4) is 0 Å². The van der Waals surface area contributed by atoms with E-state index in [0.717, 1.165) is 6.54 Å². The molecular formula is C16H25N3. The van der Waals surface area contributed by atoms with Gasteiger partial charge in [-0.05, 0) is 62.8 Å². The predicted octanol–water partition coefficient (Wildman–Crippen LogP) is 3.19. The Morgan fingerprint density at radius 2 is 2.00 bits per heavy atom. The molecule has 3 heterocycles. The van der Waals surface area contributed by atoms with Gasteiger partial charge in [0, 0.05) is 25.3 Å². The summed E-state index contributed by atoms with van der Waals surface area (Å²) in [6.07, 6.45) is 10.0. The van der Waals surface area contributed by atoms with E-state index in [-0.39, 0.29) is 0 Å². The summed E-state index contributed by atoms with van der Waals surface area (Å²) in [5.74, 6) is 1.21. The Balaban J connectivity index is 1.76. The topological polar surface area (TPSA) is 28.2 Å². The summed E-state index contributed by atoms with van der Waals surface area (Å²) in [5, 5.41) is 3.61. The standard InChI is InChI=1S/C16H25N3/c1-13-11-14(15-7-3-4-8-17-15)12-18-16(13)19-9-5-2-6-10-19/h11-12,15,17H,2-10H2,1H3. The number of anilines is 1. The Labute approximate surface area is 116 Å². The third kappa shape index (κ3) is 2.92. The third-order valence-electron chi connectivity index (χ3n) is 4.44. The van der Waals surface area contributed by atoms with Crippen molar-refractivity contribution in [3.8, 4) is 0 Å². The van der Waals surface area contributed by atoms with E-state index in [1.165, 1.54) is 68.6 Å². The zero-order valence-corrected chi connectivity index (χ0v) is 12.0. The van der Waals surface area contributed by atoms with E-state index in [0.29, 0.717) is 6.04 Å². The molecule has 0 bridgehead atoms. The number of piperidine rings is 2. The first-order valence-electron chi connectivity index (χ1n) is 7.79. The molecule has 19 heavy (non-hydrogen) atoms. The molecule has 1 aromatic rings. The molecule has 1 atom stereocenters. The van der Waals surface area contributed by atoms with Crippen LogP contribution in [0.1, 0.15) is 55.7 Å². The molecule has 2 saturated heterocycles. The number of nitrogens with zero attached hydrogens (tertiary/aromatic N) is 2. The lowest BCUT2D eigenvalue weighted by Gasteiger charge is -2.30. The quantitative estimate of drug-likeness (QED) is 0.884. The van der Waals surface area contributed by atoms with Gasteiger partial charge >= 0.3 is 0 Å². The predicted molar refractivity (Wildman–Crippen MR) is 79.6 cm³/mol. The first-order chi connectivity index (χ1) is 9.34. The fourth-order valence-electron chi connectivity index (χ4n) is 3.35. The summed E-state index contributed by atoms with van der Waals surface area (Å²) >= 11 is 0. The molecule has 0 aromatic carbocycles. The first-order valence-corrected chi connectivity index (χ1v) is 7.79. The second-order valence-corrected chi connectivity index (χ2v) is 5.96. The average Bonchev–Trinajstić information content (AvgIpc) is 2.49. The minimum absolute atomic E-state index is 0.523. The number of aromatic nitrogens is 1. The van der Waals surface area contributed by atoms with E-state index < -0.39 is 0 Å². The second-order valence-electron chi connectivity index (χ2n) is 5.96. The molecule has 0 aliphatic carbocycles. The maximum Gasteiger partial charge on any atom is 0.131 e. The van der Waals surface area contributed by atoms with Crippen LogP contribution in [-0.4, -0.2) is 24.6 Å². The molecule has 3 rings (SSSR count). The lowest BCUT2D eigenvalue weighted by atomic mass is 9.98. The van der Waals surface area contributed by atoms with E-state index in [9.17, 15) is 0 Å². The zero-order chi connectivity index (χ0) is 13.1. The second kappa shape index (κ2) is 5.91. The summed E-state index contributed by atoms with van der Waals surface area (Å²) in [6.45, 7) is 5.71. The van der Waals surface area contributed by atoms with Crippen molar-refractivity contribution in [1.82, 2.24) is 10.3 Å². The van der Waals surface area contributed by atoms with Gasteiger partial charge in [-0.25, -0.2) is 4.98 Å². The molecular weight excluding hydrogens is 234 g/mol. The van der Waals surface area contributed by atoms with Gasteiger partial charge in [0.25, 0.3) is 0 Å². The molecule has 2 fully saturated rings. The van der Waals surface area contributed by atoms with Crippen molar-refractivity contribution in [2.45, 2.75) is 51.5 Å². The van der Waals surface area contributed by atoms with Crippen molar-refractivity contribution >= 4 is 5.82 Å². The van der Waals surface area contributed by atoms with E-state index in [4.69, 9.17) is 4.98 Å². The van der Waals surface area contributed by atoms with Crippen molar-refractivity contribution in [2.24, 2.45) is 0 Å². The van der Waals surface area contributed by atoms with Crippen LogP contribution in [0, 0.1) is 6.92 Å². The Hall–Kier alpha value is -1.09. The van der Waals surface area contributed by atoms with Gasteiger partial charge in [0.15, 0.2) is 0 Å². The lowest BCUT2D eigenvalue weighted by Crippen LogP contribution is -2.31. The van der Waals surface area contributed by atoms with Gasteiger partial charge < -0.3 is 10.2 Å². The minimum Gasteiger partial charge on any atom is -0.356 e. The first kappa shape index (κ1) is 12.9. The Morgan fingerprint density at radius 3 is 2.68 bits per heavy atom. The van der Waals surface area contributed by atoms with Gasteiger partial charge in [-0.3, -0.25) is 0 Å². The number of pyridine rings is 1. The molecule has 1 unspecified atom stereocenters. The van der Waals surface area contributed by atoms with Crippen molar-refractivity contribution in [3.63, 3.8) is 0 Å². The highest BCUT2D eigenvalue weighted by atomic mass is 15.2. The van der Waals surface area contributed by atoms with Crippen LogP contribution in [0.5, 0.6) is 0 Å². The van der Waals surface area contributed by atoms with Crippen molar-refractivity contribution in [2.75, 3.05) is 24.5 Å². The molecule has 3 heteroatoms. The highest BCUT2D eigenvalue weighted by Crippen LogP contribution is 2.27. The smallest absolute Gasteiger partial charge is 0.131 e. The number of hydrogen-bond acceptors (Lipinski definition) is 3. The van der Waals surface area contributed by atoms with Crippen LogP contribution >= 0.6 is 0 Å². The van der Waals surface area contributed by atoms with Crippen molar-refractivity contribution in [3.05, 3.63) is 23.4 Å². The Morgan fingerprint density at radius 1 is 1.16 bits per heavy atom. The highest BCUT2D eigenvalue weighted by molar-refractivity contribution is 5.48. The maximum atomic E-state index is 4.76. The van der Waals surface area contributed by atoms with E-state index >= 15 is 0 Å². The number of nitrogens with one attached hydrogen (secondary N) is 1. The fraction of sp³-hybridized carbons (Fsp3) is 0.688. The summed E-state index contributed by atoms with van der Waals surface area (Å²) in [6, 6.07) is 2.87. The van der Waals surface area contributed by atoms with Crippen LogP contribution in [0.4, 0.5) is 5.82 Å². The molecule has 104 valence electrons. The van der Waals surface area contributed by atoms with Crippen LogP contribution < -0.4 is 10.2 Å². The van der Waals surface area contributed by atoms with Gasteiger partial charge in [0.1, 0.15) is 5.82 Å². The third-order valence-corrected chi connectivity index (χ3v) is 4.44. The Bertz CT molecular complexity index is 418. The van der Waals surface area contributed by atoms with Gasteiger partial charge in [-0.15, -0.1) is 0 Å². The van der Waals surface area contributed by atoms with E-state index in [2.05, 4.69) is 29.4 Å². The molecule has 1 aromatic heterocycles. The number of hydrogen-bond donors (Lipinski definition) is 1. The highest BCUT2D eigenvalue weighted by Gasteiger charge is 2.18. The monoisotopic (exact) mass is 259 g/mol. The average molecular weight is 259 g/mol. The van der Waals surface area contributed by atoms with Gasteiger partial charge in [0.2, 0.25) is 0 Å². The largest absolute Gasteiger partial charge is 0.356 e. The summed E-state index contributed by atoms with van der Waals surface area (Å²) < 4.78 is 0. The SMILES string of the molecule is Cc1cc(C2CCCCN2)cnc1N1CCCCC1. The van der Waals surface area contributed by atoms with Gasteiger partial charge in [0.05, 0.1) is 0 Å². The van der Waals surface area contributed by atoms with Crippen molar-refractivity contribution in [1.29, 1.82) is 0 Å². The Kier molecular flexibility index (Phi) is 4.02. The molecule has 1 N–H and O–H groups in total. The zero-order valence-electron chi connectivity index (χ0n) is 12.0. The molecule has 2 aliphatic heterocycles. The lowest BCUT2D eigenvalue weighted by molar-refractivity contribution is 0.411. The molecule has 0 amide bonds. The number of aryl methyl sites for hydroxylation is 1. The molecule has 0 saturated carbocycles. The molecule has 2 aliphatic rings. The molecule has 0 spiro atoms. The number of rotatable bonds is 2. The summed E-state index contributed by atoms with van der Waals surface area (Å²) in [7, 11) is 0. The van der Waals surface area contributed by atoms with E-state index in [1.54, 1.807) is 0 Å². The van der Waals surface area contributed by atoms with Crippen LogP contribution in [0.2, 0.25) is 0 Å². The van der Waals surface area contributed by atoms with Crippen molar-refractivity contribution < 1.29 is 0 Å². The molecule has 0 radical (unpaired) electrons. The van der Waals surface area contributed by atoms with Gasteiger partial charge in [-0.2, -0.15) is 0 Å². The fourth-order valence-corrected chi connectivity index (χ4v) is 3.35. The normalized spacial score (nSPS) is 24.5. The van der Waals surface area contributed by atoms with Crippen LogP contribution in [0.15, 0.2) is 12.3 Å². The summed E-state index contributed by atoms with van der Waals surface area (Å²) in [5.41, 5.74) is 2.71.